The van der Waals surface area contributed by atoms with Crippen LogP contribution >= 0.6 is 11.3 Å². The molecule has 0 unspecified atom stereocenters. The zero-order valence-corrected chi connectivity index (χ0v) is 17.2. The van der Waals surface area contributed by atoms with E-state index in [1.807, 2.05) is 6.20 Å². The van der Waals surface area contributed by atoms with Crippen LogP contribution in [0, 0.1) is 20.8 Å². The lowest BCUT2D eigenvalue weighted by atomic mass is 10.1. The Morgan fingerprint density at radius 2 is 1.69 bits per heavy atom. The van der Waals surface area contributed by atoms with Crippen LogP contribution in [-0.4, -0.2) is 23.1 Å². The first-order chi connectivity index (χ1) is 12.5. The van der Waals surface area contributed by atoms with Crippen LogP contribution < -0.4 is 10.2 Å². The van der Waals surface area contributed by atoms with Gasteiger partial charge in [-0.25, -0.2) is 4.98 Å². The van der Waals surface area contributed by atoms with Gasteiger partial charge in [0, 0.05) is 25.0 Å². The van der Waals surface area contributed by atoms with E-state index < -0.39 is 0 Å². The second-order valence-electron chi connectivity index (χ2n) is 6.89. The van der Waals surface area contributed by atoms with Crippen molar-refractivity contribution in [1.29, 1.82) is 0 Å². The summed E-state index contributed by atoms with van der Waals surface area (Å²) in [5, 5.41) is 4.44. The molecule has 1 aromatic carbocycles. The Labute approximate surface area is 160 Å². The average Bonchev–Trinajstić information content (AvgIpc) is 3.00. The van der Waals surface area contributed by atoms with Gasteiger partial charge in [-0.3, -0.25) is 0 Å². The predicted octanol–water partition coefficient (Wildman–Crippen LogP) is 5.99. The van der Waals surface area contributed by atoms with Crippen LogP contribution in [0.3, 0.4) is 0 Å². The highest BCUT2D eigenvalue weighted by atomic mass is 32.1. The quantitative estimate of drug-likeness (QED) is 0.556. The lowest BCUT2D eigenvalue weighted by molar-refractivity contribution is 0.747. The van der Waals surface area contributed by atoms with E-state index in [-0.39, 0.29) is 0 Å². The number of aromatic nitrogens is 2. The SMILES string of the molecule is CCCN(CCC)c1ccnc2nc(Nc3c(C)cc(C)cc3C)sc12. The smallest absolute Gasteiger partial charge is 0.189 e. The molecule has 26 heavy (non-hydrogen) atoms. The molecule has 0 aliphatic carbocycles. The highest BCUT2D eigenvalue weighted by Crippen LogP contribution is 2.35. The van der Waals surface area contributed by atoms with Crippen LogP contribution in [0.4, 0.5) is 16.5 Å². The highest BCUT2D eigenvalue weighted by Gasteiger charge is 2.15. The molecule has 0 bridgehead atoms. The maximum Gasteiger partial charge on any atom is 0.189 e. The van der Waals surface area contributed by atoms with Crippen LogP contribution in [0.1, 0.15) is 43.4 Å². The van der Waals surface area contributed by atoms with E-state index >= 15 is 0 Å². The van der Waals surface area contributed by atoms with E-state index in [4.69, 9.17) is 4.98 Å². The number of fused-ring (bicyclic) bond motifs is 1. The molecule has 0 atom stereocenters. The third-order valence-electron chi connectivity index (χ3n) is 4.51. The molecule has 0 saturated heterocycles. The molecule has 0 spiro atoms. The van der Waals surface area contributed by atoms with Crippen LogP contribution in [-0.2, 0) is 0 Å². The first kappa shape index (κ1) is 18.6. The second-order valence-corrected chi connectivity index (χ2v) is 7.89. The van der Waals surface area contributed by atoms with Crippen molar-refractivity contribution in [1.82, 2.24) is 9.97 Å². The summed E-state index contributed by atoms with van der Waals surface area (Å²) in [6, 6.07) is 6.53. The van der Waals surface area contributed by atoms with Gasteiger partial charge in [-0.2, -0.15) is 4.98 Å². The third kappa shape index (κ3) is 3.83. The van der Waals surface area contributed by atoms with E-state index in [9.17, 15) is 0 Å². The van der Waals surface area contributed by atoms with Crippen molar-refractivity contribution in [2.24, 2.45) is 0 Å². The maximum absolute atomic E-state index is 4.75. The minimum atomic E-state index is 0.828. The Bertz CT molecular complexity index is 871. The standard InChI is InChI=1S/C21H28N4S/c1-6-10-25(11-7-2)17-8-9-22-20-19(17)26-21(24-20)23-18-15(4)12-14(3)13-16(18)5/h8-9,12-13H,6-7,10-11H2,1-5H3,(H,22,23,24). The summed E-state index contributed by atoms with van der Waals surface area (Å²) in [6.07, 6.45) is 4.15. The monoisotopic (exact) mass is 368 g/mol. The van der Waals surface area contributed by atoms with Crippen LogP contribution in [0.2, 0.25) is 0 Å². The van der Waals surface area contributed by atoms with Crippen molar-refractivity contribution in [3.63, 3.8) is 0 Å². The second kappa shape index (κ2) is 8.04. The molecule has 2 aromatic heterocycles. The number of pyridine rings is 1. The fourth-order valence-corrected chi connectivity index (χ4v) is 4.47. The van der Waals surface area contributed by atoms with E-state index in [0.717, 1.165) is 42.4 Å². The summed E-state index contributed by atoms with van der Waals surface area (Å²) < 4.78 is 1.17. The van der Waals surface area contributed by atoms with Gasteiger partial charge in [-0.05, 0) is 50.8 Å². The minimum Gasteiger partial charge on any atom is -0.370 e. The van der Waals surface area contributed by atoms with Crippen molar-refractivity contribution < 1.29 is 0 Å². The highest BCUT2D eigenvalue weighted by molar-refractivity contribution is 7.22. The van der Waals surface area contributed by atoms with Crippen LogP contribution in [0.5, 0.6) is 0 Å². The average molecular weight is 369 g/mol. The molecule has 0 aliphatic heterocycles. The van der Waals surface area contributed by atoms with E-state index in [1.54, 1.807) is 11.3 Å². The van der Waals surface area contributed by atoms with Crippen LogP contribution in [0.25, 0.3) is 10.3 Å². The zero-order valence-electron chi connectivity index (χ0n) is 16.4. The van der Waals surface area contributed by atoms with Gasteiger partial charge in [0.05, 0.1) is 10.4 Å². The predicted molar refractivity (Wildman–Crippen MR) is 114 cm³/mol. The van der Waals surface area contributed by atoms with Gasteiger partial charge in [0.25, 0.3) is 0 Å². The van der Waals surface area contributed by atoms with Gasteiger partial charge in [0.2, 0.25) is 0 Å². The number of hydrogen-bond acceptors (Lipinski definition) is 5. The first-order valence-corrected chi connectivity index (χ1v) is 10.2. The van der Waals surface area contributed by atoms with Crippen molar-refractivity contribution in [2.45, 2.75) is 47.5 Å². The molecule has 4 nitrogen and oxygen atoms in total. The Balaban J connectivity index is 1.98. The van der Waals surface area contributed by atoms with Crippen molar-refractivity contribution in [3.8, 4) is 0 Å². The molecule has 0 aliphatic rings. The molecule has 138 valence electrons. The molecule has 0 amide bonds. The number of aryl methyl sites for hydroxylation is 3. The molecule has 5 heteroatoms. The number of rotatable bonds is 7. The Hall–Kier alpha value is -2.14. The first-order valence-electron chi connectivity index (χ1n) is 9.38. The van der Waals surface area contributed by atoms with E-state index in [2.05, 4.69) is 68.0 Å². The summed E-state index contributed by atoms with van der Waals surface area (Å²) >= 11 is 1.69. The molecule has 3 aromatic rings. The fourth-order valence-electron chi connectivity index (χ4n) is 3.50. The van der Waals surface area contributed by atoms with Crippen molar-refractivity contribution in [3.05, 3.63) is 41.1 Å². The number of nitrogens with one attached hydrogen (secondary N) is 1. The largest absolute Gasteiger partial charge is 0.370 e. The topological polar surface area (TPSA) is 41.1 Å². The Morgan fingerprint density at radius 1 is 1.04 bits per heavy atom. The molecule has 0 fully saturated rings. The summed E-state index contributed by atoms with van der Waals surface area (Å²) in [4.78, 5) is 11.7. The molecular weight excluding hydrogens is 340 g/mol. The lowest BCUT2D eigenvalue weighted by Crippen LogP contribution is -2.24. The third-order valence-corrected chi connectivity index (χ3v) is 5.49. The van der Waals surface area contributed by atoms with Gasteiger partial charge in [-0.15, -0.1) is 0 Å². The van der Waals surface area contributed by atoms with Crippen LogP contribution in [0.15, 0.2) is 24.4 Å². The number of hydrogen-bond donors (Lipinski definition) is 1. The van der Waals surface area contributed by atoms with Crippen molar-refractivity contribution >= 4 is 38.2 Å². The molecule has 0 saturated carbocycles. The number of thiazole rings is 1. The zero-order chi connectivity index (χ0) is 18.7. The number of benzene rings is 1. The molecule has 1 N–H and O–H groups in total. The normalized spacial score (nSPS) is 11.1. The van der Waals surface area contributed by atoms with Gasteiger partial charge < -0.3 is 10.2 Å². The van der Waals surface area contributed by atoms with E-state index in [1.165, 1.54) is 27.1 Å². The summed E-state index contributed by atoms with van der Waals surface area (Å²) in [7, 11) is 0. The fraction of sp³-hybridized carbons (Fsp3) is 0.429. The Morgan fingerprint density at radius 3 is 2.31 bits per heavy atom. The van der Waals surface area contributed by atoms with Gasteiger partial charge >= 0.3 is 0 Å². The molecule has 2 heterocycles. The molecule has 3 rings (SSSR count). The molecule has 0 radical (unpaired) electrons. The minimum absolute atomic E-state index is 0.828. The van der Waals surface area contributed by atoms with Gasteiger partial charge in [0.1, 0.15) is 0 Å². The van der Waals surface area contributed by atoms with Crippen molar-refractivity contribution in [2.75, 3.05) is 23.3 Å². The molecular formula is C21H28N4S. The summed E-state index contributed by atoms with van der Waals surface area (Å²) in [5.41, 5.74) is 7.00. The van der Waals surface area contributed by atoms with Gasteiger partial charge in [-0.1, -0.05) is 42.9 Å². The van der Waals surface area contributed by atoms with E-state index in [0.29, 0.717) is 0 Å². The number of nitrogens with zero attached hydrogens (tertiary/aromatic N) is 3. The summed E-state index contributed by atoms with van der Waals surface area (Å²) in [5.74, 6) is 0. The Kier molecular flexibility index (Phi) is 5.77. The maximum atomic E-state index is 4.75. The number of anilines is 3. The summed E-state index contributed by atoms with van der Waals surface area (Å²) in [6.45, 7) is 13.0. The van der Waals surface area contributed by atoms with Gasteiger partial charge in [0.15, 0.2) is 10.8 Å². The lowest BCUT2D eigenvalue weighted by Gasteiger charge is -2.23.